The number of benzene rings is 2. The van der Waals surface area contributed by atoms with Crippen LogP contribution in [0.5, 0.6) is 0 Å². The third-order valence-corrected chi connectivity index (χ3v) is 6.74. The van der Waals surface area contributed by atoms with Crippen molar-refractivity contribution in [2.24, 2.45) is 0 Å². The van der Waals surface area contributed by atoms with Crippen LogP contribution in [0.15, 0.2) is 53.4 Å². The van der Waals surface area contributed by atoms with Gasteiger partial charge in [-0.25, -0.2) is 0 Å². The lowest BCUT2D eigenvalue weighted by atomic mass is 10.1. The number of aryl methyl sites for hydroxylation is 1. The van der Waals surface area contributed by atoms with Crippen molar-refractivity contribution in [3.63, 3.8) is 0 Å². The molecule has 156 valence electrons. The molecule has 4 rings (SSSR count). The number of nitrogens with zero attached hydrogens (tertiary/aromatic N) is 2. The number of hydrogen-bond acceptors (Lipinski definition) is 4. The van der Waals surface area contributed by atoms with Crippen LogP contribution in [-0.2, 0) is 14.4 Å². The average molecular weight is 424 g/mol. The van der Waals surface area contributed by atoms with Gasteiger partial charge in [-0.15, -0.1) is 11.8 Å². The van der Waals surface area contributed by atoms with E-state index < -0.39 is 5.25 Å². The zero-order valence-corrected chi connectivity index (χ0v) is 17.8. The smallest absolute Gasteiger partial charge is 0.250 e. The van der Waals surface area contributed by atoms with Crippen molar-refractivity contribution in [2.75, 3.05) is 29.9 Å². The van der Waals surface area contributed by atoms with Gasteiger partial charge in [-0.05, 0) is 49.9 Å². The fourth-order valence-corrected chi connectivity index (χ4v) is 5.05. The largest absolute Gasteiger partial charge is 0.341 e. The molecule has 1 saturated heterocycles. The molecule has 2 aromatic carbocycles. The number of piperidine rings is 1. The lowest BCUT2D eigenvalue weighted by Gasteiger charge is -2.36. The molecule has 2 aliphatic heterocycles. The van der Waals surface area contributed by atoms with E-state index in [1.165, 1.54) is 16.7 Å². The van der Waals surface area contributed by atoms with Crippen molar-refractivity contribution in [1.82, 2.24) is 4.90 Å². The number of fused-ring (bicyclic) bond motifs is 1. The Morgan fingerprint density at radius 3 is 2.50 bits per heavy atom. The molecule has 2 aromatic rings. The van der Waals surface area contributed by atoms with Crippen LogP contribution in [0.4, 0.5) is 11.4 Å². The van der Waals surface area contributed by atoms with Crippen molar-refractivity contribution in [1.29, 1.82) is 0 Å². The Hall–Kier alpha value is -2.80. The number of thioether (sulfide) groups is 1. The number of nitrogens with one attached hydrogen (secondary N) is 1. The molecule has 0 saturated carbocycles. The van der Waals surface area contributed by atoms with Crippen LogP contribution >= 0.6 is 11.8 Å². The number of para-hydroxylation sites is 2. The number of anilines is 2. The molecule has 2 heterocycles. The predicted octanol–water partition coefficient (Wildman–Crippen LogP) is 3.45. The van der Waals surface area contributed by atoms with E-state index >= 15 is 0 Å². The molecule has 1 fully saturated rings. The maximum Gasteiger partial charge on any atom is 0.250 e. The van der Waals surface area contributed by atoms with Gasteiger partial charge in [-0.2, -0.15) is 0 Å². The summed E-state index contributed by atoms with van der Waals surface area (Å²) in [5.74, 6) is -0.763. The highest BCUT2D eigenvalue weighted by Gasteiger charge is 2.40. The van der Waals surface area contributed by atoms with Crippen LogP contribution in [0.1, 0.15) is 24.8 Å². The van der Waals surface area contributed by atoms with E-state index in [0.717, 1.165) is 35.4 Å². The lowest BCUT2D eigenvalue weighted by Crippen LogP contribution is -2.52. The van der Waals surface area contributed by atoms with E-state index in [2.05, 4.69) is 5.32 Å². The number of hydrogen-bond donors (Lipinski definition) is 1. The Morgan fingerprint density at radius 1 is 1.03 bits per heavy atom. The second-order valence-corrected chi connectivity index (χ2v) is 8.79. The van der Waals surface area contributed by atoms with E-state index in [0.29, 0.717) is 18.8 Å². The number of rotatable bonds is 4. The summed E-state index contributed by atoms with van der Waals surface area (Å²) in [5.41, 5.74) is 2.34. The SMILES string of the molecule is Cc1ccccc1NC(=O)CN1C(=O)C(C(=O)N2CCCCC2)Sc2ccccc21. The molecule has 3 amide bonds. The molecule has 1 atom stereocenters. The van der Waals surface area contributed by atoms with Gasteiger partial charge in [0.05, 0.1) is 5.69 Å². The summed E-state index contributed by atoms with van der Waals surface area (Å²) in [4.78, 5) is 43.2. The highest BCUT2D eigenvalue weighted by atomic mass is 32.2. The Labute approximate surface area is 180 Å². The van der Waals surface area contributed by atoms with Gasteiger partial charge in [-0.3, -0.25) is 14.4 Å². The van der Waals surface area contributed by atoms with E-state index in [1.807, 2.05) is 55.5 Å². The second kappa shape index (κ2) is 8.92. The van der Waals surface area contributed by atoms with Gasteiger partial charge in [0.25, 0.3) is 5.91 Å². The Morgan fingerprint density at radius 2 is 1.73 bits per heavy atom. The minimum Gasteiger partial charge on any atom is -0.341 e. The fraction of sp³-hybridized carbons (Fsp3) is 0.348. The van der Waals surface area contributed by atoms with E-state index in [4.69, 9.17) is 0 Å². The van der Waals surface area contributed by atoms with Crippen LogP contribution in [0.25, 0.3) is 0 Å². The average Bonchev–Trinajstić information content (AvgIpc) is 2.77. The molecule has 1 N–H and O–H groups in total. The summed E-state index contributed by atoms with van der Waals surface area (Å²) in [6.07, 6.45) is 3.05. The van der Waals surface area contributed by atoms with Gasteiger partial charge >= 0.3 is 0 Å². The van der Waals surface area contributed by atoms with Crippen molar-refractivity contribution in [2.45, 2.75) is 36.3 Å². The molecule has 2 aliphatic rings. The Kier molecular flexibility index (Phi) is 6.08. The van der Waals surface area contributed by atoms with E-state index in [1.54, 1.807) is 4.90 Å². The van der Waals surface area contributed by atoms with Crippen LogP contribution in [0.2, 0.25) is 0 Å². The molecule has 0 spiro atoms. The summed E-state index contributed by atoms with van der Waals surface area (Å²) in [6.45, 7) is 3.17. The van der Waals surface area contributed by atoms with Crippen molar-refractivity contribution in [3.8, 4) is 0 Å². The summed E-state index contributed by atoms with van der Waals surface area (Å²) < 4.78 is 0. The molecule has 0 bridgehead atoms. The first kappa shape index (κ1) is 20.5. The van der Waals surface area contributed by atoms with Gasteiger partial charge in [0.15, 0.2) is 5.25 Å². The zero-order chi connectivity index (χ0) is 21.1. The molecular weight excluding hydrogens is 398 g/mol. The van der Waals surface area contributed by atoms with Crippen LogP contribution < -0.4 is 10.2 Å². The summed E-state index contributed by atoms with van der Waals surface area (Å²) in [6, 6.07) is 15.0. The third-order valence-electron chi connectivity index (χ3n) is 5.50. The number of carbonyl (C=O) groups is 3. The van der Waals surface area contributed by atoms with Crippen molar-refractivity contribution >= 4 is 40.9 Å². The zero-order valence-electron chi connectivity index (χ0n) is 17.0. The highest BCUT2D eigenvalue weighted by Crippen LogP contribution is 2.40. The predicted molar refractivity (Wildman–Crippen MR) is 119 cm³/mol. The Bertz CT molecular complexity index is 972. The molecule has 6 nitrogen and oxygen atoms in total. The van der Waals surface area contributed by atoms with E-state index in [-0.39, 0.29) is 24.3 Å². The van der Waals surface area contributed by atoms with Crippen LogP contribution in [-0.4, -0.2) is 47.5 Å². The molecule has 0 aromatic heterocycles. The fourth-order valence-electron chi connectivity index (χ4n) is 3.86. The maximum atomic E-state index is 13.3. The van der Waals surface area contributed by atoms with Crippen LogP contribution in [0.3, 0.4) is 0 Å². The lowest BCUT2D eigenvalue weighted by molar-refractivity contribution is -0.135. The van der Waals surface area contributed by atoms with Crippen molar-refractivity contribution < 1.29 is 14.4 Å². The van der Waals surface area contributed by atoms with Crippen LogP contribution in [0, 0.1) is 6.92 Å². The minimum atomic E-state index is -0.843. The quantitative estimate of drug-likeness (QED) is 0.765. The summed E-state index contributed by atoms with van der Waals surface area (Å²) in [7, 11) is 0. The monoisotopic (exact) mass is 423 g/mol. The Balaban J connectivity index is 1.56. The van der Waals surface area contributed by atoms with Gasteiger partial charge in [0, 0.05) is 23.7 Å². The normalized spacial score (nSPS) is 18.7. The number of likely N-dealkylation sites (tertiary alicyclic amines) is 1. The highest BCUT2D eigenvalue weighted by molar-refractivity contribution is 8.01. The number of amides is 3. The first-order valence-corrected chi connectivity index (χ1v) is 11.1. The van der Waals surface area contributed by atoms with Gasteiger partial charge < -0.3 is 15.1 Å². The molecule has 0 aliphatic carbocycles. The van der Waals surface area contributed by atoms with Crippen molar-refractivity contribution in [3.05, 3.63) is 54.1 Å². The van der Waals surface area contributed by atoms with Gasteiger partial charge in [0.1, 0.15) is 6.54 Å². The van der Waals surface area contributed by atoms with E-state index in [9.17, 15) is 14.4 Å². The van der Waals surface area contributed by atoms with Gasteiger partial charge in [-0.1, -0.05) is 30.3 Å². The molecule has 7 heteroatoms. The molecule has 0 radical (unpaired) electrons. The third kappa shape index (κ3) is 4.21. The molecular formula is C23H25N3O3S. The number of carbonyl (C=O) groups excluding carboxylic acids is 3. The minimum absolute atomic E-state index is 0.130. The topological polar surface area (TPSA) is 69.7 Å². The summed E-state index contributed by atoms with van der Waals surface area (Å²) >= 11 is 1.29. The first-order chi connectivity index (χ1) is 14.5. The molecule has 30 heavy (non-hydrogen) atoms. The first-order valence-electron chi connectivity index (χ1n) is 10.3. The standard InChI is InChI=1S/C23H25N3O3S/c1-16-9-3-4-10-17(16)24-20(27)15-26-18-11-5-6-12-19(18)30-21(23(26)29)22(28)25-13-7-2-8-14-25/h3-6,9-12,21H,2,7-8,13-15H2,1H3,(H,24,27). The van der Waals surface area contributed by atoms with Gasteiger partial charge in [0.2, 0.25) is 11.8 Å². The molecule has 1 unspecified atom stereocenters. The second-order valence-electron chi connectivity index (χ2n) is 7.64. The maximum absolute atomic E-state index is 13.3. The summed E-state index contributed by atoms with van der Waals surface area (Å²) in [5, 5.41) is 2.04.